The highest BCUT2D eigenvalue weighted by Gasteiger charge is 2.10. The average Bonchev–Trinajstić information content (AvgIpc) is 2.47. The molecule has 6 heteroatoms. The summed E-state index contributed by atoms with van der Waals surface area (Å²) in [4.78, 5) is 3.93. The van der Waals surface area contributed by atoms with E-state index in [9.17, 15) is 8.42 Å². The van der Waals surface area contributed by atoms with E-state index < -0.39 is 10.0 Å². The van der Waals surface area contributed by atoms with E-state index in [1.165, 1.54) is 16.4 Å². The van der Waals surface area contributed by atoms with Crippen molar-refractivity contribution in [2.75, 3.05) is 6.26 Å². The number of hydrogen-bond acceptors (Lipinski definition) is 3. The van der Waals surface area contributed by atoms with Crippen LogP contribution in [0, 0.1) is 0 Å². The molecule has 0 aromatic carbocycles. The smallest absolute Gasteiger partial charge is 0.236 e. The lowest BCUT2D eigenvalue weighted by molar-refractivity contribution is 0.595. The van der Waals surface area contributed by atoms with Gasteiger partial charge >= 0.3 is 0 Å². The summed E-state index contributed by atoms with van der Waals surface area (Å²) < 4.78 is 24.7. The highest BCUT2D eigenvalue weighted by Crippen LogP contribution is 2.24. The molecule has 4 nitrogen and oxygen atoms in total. The highest BCUT2D eigenvalue weighted by atomic mass is 79.9. The van der Waals surface area contributed by atoms with Crippen LogP contribution < -0.4 is 0 Å². The Labute approximate surface area is 89.7 Å². The molecule has 0 bridgehead atoms. The van der Waals surface area contributed by atoms with Crippen molar-refractivity contribution >= 4 is 36.9 Å². The second kappa shape index (κ2) is 3.06. The standard InChI is InChI=1S/C8H7BrN2O2S/c1-14(12,13)11-3-2-6-7(9)4-10-5-8(6)11/h2-5H,1H3. The third-order valence-electron chi connectivity index (χ3n) is 1.89. The van der Waals surface area contributed by atoms with E-state index in [2.05, 4.69) is 20.9 Å². The maximum Gasteiger partial charge on any atom is 0.236 e. The fraction of sp³-hybridized carbons (Fsp3) is 0.125. The van der Waals surface area contributed by atoms with E-state index in [4.69, 9.17) is 0 Å². The Morgan fingerprint density at radius 1 is 1.43 bits per heavy atom. The summed E-state index contributed by atoms with van der Waals surface area (Å²) in [5, 5.41) is 0.838. The van der Waals surface area contributed by atoms with Gasteiger partial charge in [-0.05, 0) is 22.0 Å². The molecule has 2 aromatic heterocycles. The molecule has 0 spiro atoms. The molecular weight excluding hydrogens is 268 g/mol. The first-order valence-electron chi connectivity index (χ1n) is 3.81. The Balaban J connectivity index is 2.90. The normalized spacial score (nSPS) is 12.1. The highest BCUT2D eigenvalue weighted by molar-refractivity contribution is 9.10. The summed E-state index contributed by atoms with van der Waals surface area (Å²) in [6, 6.07) is 1.74. The molecule has 0 atom stereocenters. The van der Waals surface area contributed by atoms with Crippen LogP contribution in [0.5, 0.6) is 0 Å². The van der Waals surface area contributed by atoms with Gasteiger partial charge in [-0.3, -0.25) is 4.98 Å². The maximum absolute atomic E-state index is 11.3. The zero-order valence-corrected chi connectivity index (χ0v) is 9.71. The molecule has 0 saturated carbocycles. The van der Waals surface area contributed by atoms with Gasteiger partial charge in [-0.15, -0.1) is 0 Å². The van der Waals surface area contributed by atoms with Crippen LogP contribution in [0.4, 0.5) is 0 Å². The predicted molar refractivity (Wildman–Crippen MR) is 57.7 cm³/mol. The first-order chi connectivity index (χ1) is 6.50. The van der Waals surface area contributed by atoms with Gasteiger partial charge in [-0.1, -0.05) is 0 Å². The molecule has 0 unspecified atom stereocenters. The summed E-state index contributed by atoms with van der Waals surface area (Å²) in [6.45, 7) is 0. The van der Waals surface area contributed by atoms with Crippen LogP contribution >= 0.6 is 15.9 Å². The second-order valence-corrected chi connectivity index (χ2v) is 5.64. The van der Waals surface area contributed by atoms with E-state index >= 15 is 0 Å². The van der Waals surface area contributed by atoms with Crippen LogP contribution in [-0.4, -0.2) is 23.6 Å². The molecule has 0 aliphatic rings. The van der Waals surface area contributed by atoms with Crippen molar-refractivity contribution in [3.63, 3.8) is 0 Å². The molecule has 0 aliphatic heterocycles. The van der Waals surface area contributed by atoms with E-state index in [-0.39, 0.29) is 0 Å². The van der Waals surface area contributed by atoms with Crippen LogP contribution in [0.2, 0.25) is 0 Å². The molecule has 0 radical (unpaired) electrons. The molecule has 2 rings (SSSR count). The monoisotopic (exact) mass is 274 g/mol. The van der Waals surface area contributed by atoms with Gasteiger partial charge in [0.2, 0.25) is 10.0 Å². The minimum Gasteiger partial charge on any atom is -0.261 e. The zero-order valence-electron chi connectivity index (χ0n) is 7.31. The van der Waals surface area contributed by atoms with E-state index in [1.807, 2.05) is 0 Å². The SMILES string of the molecule is CS(=O)(=O)n1ccc2c(Br)cncc21. The molecule has 0 saturated heterocycles. The fourth-order valence-corrected chi connectivity index (χ4v) is 2.53. The number of rotatable bonds is 1. The summed E-state index contributed by atoms with van der Waals surface area (Å²) in [5.74, 6) is 0. The zero-order chi connectivity index (χ0) is 10.3. The van der Waals surface area contributed by atoms with Crippen molar-refractivity contribution in [2.45, 2.75) is 0 Å². The number of halogens is 1. The number of fused-ring (bicyclic) bond motifs is 1. The molecule has 14 heavy (non-hydrogen) atoms. The van der Waals surface area contributed by atoms with Gasteiger partial charge < -0.3 is 0 Å². The lowest BCUT2D eigenvalue weighted by atomic mass is 10.3. The van der Waals surface area contributed by atoms with Crippen molar-refractivity contribution in [3.05, 3.63) is 29.1 Å². The Kier molecular flexibility index (Phi) is 2.11. The fourth-order valence-electron chi connectivity index (χ4n) is 1.29. The first-order valence-corrected chi connectivity index (χ1v) is 6.45. The molecular formula is C8H7BrN2O2S. The lowest BCUT2D eigenvalue weighted by Gasteiger charge is -2.00. The predicted octanol–water partition coefficient (Wildman–Crippen LogP) is 1.61. The van der Waals surface area contributed by atoms with Gasteiger partial charge in [0.15, 0.2) is 0 Å². The number of hydrogen-bond donors (Lipinski definition) is 0. The van der Waals surface area contributed by atoms with Crippen LogP contribution in [0.25, 0.3) is 10.9 Å². The Hall–Kier alpha value is -0.880. The van der Waals surface area contributed by atoms with E-state index in [0.717, 1.165) is 16.1 Å². The van der Waals surface area contributed by atoms with E-state index in [1.54, 1.807) is 12.3 Å². The Morgan fingerprint density at radius 3 is 2.79 bits per heavy atom. The van der Waals surface area contributed by atoms with Crippen molar-refractivity contribution in [3.8, 4) is 0 Å². The Bertz CT molecular complexity index is 588. The molecule has 0 N–H and O–H groups in total. The quantitative estimate of drug-likeness (QED) is 0.794. The maximum atomic E-state index is 11.3. The molecule has 0 amide bonds. The number of pyridine rings is 1. The molecule has 0 fully saturated rings. The summed E-state index contributed by atoms with van der Waals surface area (Å²) >= 11 is 3.31. The van der Waals surface area contributed by atoms with Gasteiger partial charge in [0.1, 0.15) is 0 Å². The van der Waals surface area contributed by atoms with Gasteiger partial charge in [0, 0.05) is 22.3 Å². The van der Waals surface area contributed by atoms with Crippen LogP contribution in [-0.2, 0) is 10.0 Å². The van der Waals surface area contributed by atoms with Crippen molar-refractivity contribution in [1.29, 1.82) is 0 Å². The van der Waals surface area contributed by atoms with E-state index in [0.29, 0.717) is 5.52 Å². The Morgan fingerprint density at radius 2 is 2.14 bits per heavy atom. The largest absolute Gasteiger partial charge is 0.261 e. The third kappa shape index (κ3) is 1.44. The van der Waals surface area contributed by atoms with Crippen molar-refractivity contribution < 1.29 is 8.42 Å². The second-order valence-electron chi connectivity index (χ2n) is 2.93. The minimum absolute atomic E-state index is 0.585. The minimum atomic E-state index is -3.25. The summed E-state index contributed by atoms with van der Waals surface area (Å²) in [5.41, 5.74) is 0.585. The van der Waals surface area contributed by atoms with Crippen LogP contribution in [0.1, 0.15) is 0 Å². The van der Waals surface area contributed by atoms with Crippen LogP contribution in [0.3, 0.4) is 0 Å². The number of nitrogens with zero attached hydrogens (tertiary/aromatic N) is 2. The first kappa shape index (κ1) is 9.67. The topological polar surface area (TPSA) is 52.0 Å². The lowest BCUT2D eigenvalue weighted by Crippen LogP contribution is -2.08. The third-order valence-corrected chi connectivity index (χ3v) is 3.55. The molecule has 2 aromatic rings. The van der Waals surface area contributed by atoms with Gasteiger partial charge in [-0.25, -0.2) is 12.4 Å². The average molecular weight is 275 g/mol. The van der Waals surface area contributed by atoms with Crippen molar-refractivity contribution in [2.24, 2.45) is 0 Å². The molecule has 74 valence electrons. The summed E-state index contributed by atoms with van der Waals surface area (Å²) in [6.07, 6.45) is 5.84. The number of aromatic nitrogens is 2. The van der Waals surface area contributed by atoms with Gasteiger partial charge in [0.05, 0.1) is 18.0 Å². The summed E-state index contributed by atoms with van der Waals surface area (Å²) in [7, 11) is -3.25. The van der Waals surface area contributed by atoms with Gasteiger partial charge in [0.25, 0.3) is 0 Å². The van der Waals surface area contributed by atoms with Crippen molar-refractivity contribution in [1.82, 2.24) is 8.96 Å². The molecule has 2 heterocycles. The molecule has 0 aliphatic carbocycles. The van der Waals surface area contributed by atoms with Gasteiger partial charge in [-0.2, -0.15) is 0 Å². The van der Waals surface area contributed by atoms with Crippen LogP contribution in [0.15, 0.2) is 29.1 Å².